The largest absolute Gasteiger partial charge is 0.331 e. The Morgan fingerprint density at radius 3 is 2.50 bits per heavy atom. The van der Waals surface area contributed by atoms with Crippen LogP contribution in [0.4, 0.5) is 4.79 Å². The van der Waals surface area contributed by atoms with Crippen LogP contribution in [0.25, 0.3) is 0 Å². The van der Waals surface area contributed by atoms with Crippen molar-refractivity contribution in [2.45, 2.75) is 57.9 Å². The molecule has 1 rings (SSSR count). The second-order valence-electron chi connectivity index (χ2n) is 4.12. The molecule has 0 bridgehead atoms. The number of amides is 1. The lowest BCUT2D eigenvalue weighted by Crippen LogP contribution is -2.39. The number of hydrogen-bond acceptors (Lipinski definition) is 1. The molecule has 0 heterocycles. The van der Waals surface area contributed by atoms with Crippen molar-refractivity contribution >= 4 is 17.9 Å². The van der Waals surface area contributed by atoms with Gasteiger partial charge >= 0.3 is 0 Å². The highest BCUT2D eigenvalue weighted by Crippen LogP contribution is 2.23. The van der Waals surface area contributed by atoms with E-state index >= 15 is 0 Å². The maximum atomic E-state index is 11.3. The third-order valence-electron chi connectivity index (χ3n) is 3.01. The molecule has 0 aromatic carbocycles. The fourth-order valence-electron chi connectivity index (χ4n) is 2.16. The first-order chi connectivity index (χ1) is 6.75. The van der Waals surface area contributed by atoms with Crippen molar-refractivity contribution in [1.29, 1.82) is 0 Å². The second-order valence-corrected chi connectivity index (χ2v) is 4.50. The Balaban J connectivity index is 2.43. The molecule has 14 heavy (non-hydrogen) atoms. The molecular formula is C11H21NOS. The van der Waals surface area contributed by atoms with Crippen molar-refractivity contribution in [1.82, 2.24) is 4.90 Å². The van der Waals surface area contributed by atoms with E-state index in [0.29, 0.717) is 6.04 Å². The maximum absolute atomic E-state index is 11.3. The molecule has 0 aliphatic heterocycles. The third kappa shape index (κ3) is 3.52. The number of thiol groups is 1. The minimum absolute atomic E-state index is 0.0367. The molecule has 1 saturated carbocycles. The summed E-state index contributed by atoms with van der Waals surface area (Å²) in [6, 6.07) is 0.472. The summed E-state index contributed by atoms with van der Waals surface area (Å²) in [5.74, 6) is 0. The van der Waals surface area contributed by atoms with Gasteiger partial charge < -0.3 is 4.90 Å². The first-order valence-electron chi connectivity index (χ1n) is 5.75. The molecule has 1 aliphatic rings. The first-order valence-corrected chi connectivity index (χ1v) is 6.20. The molecule has 0 unspecified atom stereocenters. The molecule has 3 heteroatoms. The van der Waals surface area contributed by atoms with Crippen LogP contribution in [0.2, 0.25) is 0 Å². The molecule has 82 valence electrons. The molecule has 1 amide bonds. The van der Waals surface area contributed by atoms with Gasteiger partial charge in [0.05, 0.1) is 0 Å². The predicted octanol–water partition coefficient (Wildman–Crippen LogP) is 3.47. The minimum atomic E-state index is -0.0367. The highest BCUT2D eigenvalue weighted by atomic mass is 32.1. The molecule has 0 N–H and O–H groups in total. The maximum Gasteiger partial charge on any atom is 0.278 e. The van der Waals surface area contributed by atoms with Gasteiger partial charge in [0, 0.05) is 12.6 Å². The summed E-state index contributed by atoms with van der Waals surface area (Å²) < 4.78 is 0. The van der Waals surface area contributed by atoms with Gasteiger partial charge in [0.25, 0.3) is 5.24 Å². The van der Waals surface area contributed by atoms with Gasteiger partial charge in [-0.1, -0.05) is 45.2 Å². The monoisotopic (exact) mass is 215 g/mol. The molecule has 0 aromatic heterocycles. The fraction of sp³-hybridized carbons (Fsp3) is 0.909. The molecule has 2 nitrogen and oxygen atoms in total. The quantitative estimate of drug-likeness (QED) is 0.712. The summed E-state index contributed by atoms with van der Waals surface area (Å²) in [7, 11) is 0. The number of unbranched alkanes of at least 4 members (excludes halogenated alkanes) is 1. The van der Waals surface area contributed by atoms with Gasteiger partial charge in [0.1, 0.15) is 0 Å². The molecule has 0 radical (unpaired) electrons. The summed E-state index contributed by atoms with van der Waals surface area (Å²) in [4.78, 5) is 13.3. The number of carbonyl (C=O) groups excluding carboxylic acids is 1. The topological polar surface area (TPSA) is 20.3 Å². The van der Waals surface area contributed by atoms with E-state index in [2.05, 4.69) is 19.6 Å². The first kappa shape index (κ1) is 11.9. The zero-order valence-corrected chi connectivity index (χ0v) is 9.93. The van der Waals surface area contributed by atoms with Gasteiger partial charge in [-0.15, -0.1) is 0 Å². The van der Waals surface area contributed by atoms with Crippen molar-refractivity contribution in [2.24, 2.45) is 0 Å². The van der Waals surface area contributed by atoms with E-state index in [9.17, 15) is 4.79 Å². The lowest BCUT2D eigenvalue weighted by Gasteiger charge is -2.33. The van der Waals surface area contributed by atoms with Gasteiger partial charge in [-0.05, 0) is 19.3 Å². The van der Waals surface area contributed by atoms with Crippen LogP contribution in [0, 0.1) is 0 Å². The van der Waals surface area contributed by atoms with Crippen LogP contribution in [0.1, 0.15) is 51.9 Å². The third-order valence-corrected chi connectivity index (χ3v) is 3.27. The van der Waals surface area contributed by atoms with E-state index in [0.717, 1.165) is 19.4 Å². The van der Waals surface area contributed by atoms with Gasteiger partial charge in [-0.2, -0.15) is 0 Å². The van der Waals surface area contributed by atoms with Gasteiger partial charge in [-0.25, -0.2) is 0 Å². The average Bonchev–Trinajstić information content (AvgIpc) is 2.19. The highest BCUT2D eigenvalue weighted by Gasteiger charge is 2.22. The standard InChI is InChI=1S/C11H21NOS/c1-2-3-9-12(11(13)14)10-7-5-4-6-8-10/h10H,2-9H2,1H3,(H,13,14). The number of rotatable bonds is 4. The zero-order valence-electron chi connectivity index (χ0n) is 9.04. The summed E-state index contributed by atoms with van der Waals surface area (Å²) in [6.45, 7) is 3.05. The molecular weight excluding hydrogens is 194 g/mol. The molecule has 1 fully saturated rings. The van der Waals surface area contributed by atoms with Crippen LogP contribution in [0.3, 0.4) is 0 Å². The van der Waals surface area contributed by atoms with Crippen LogP contribution in [-0.2, 0) is 0 Å². The number of nitrogens with zero attached hydrogens (tertiary/aromatic N) is 1. The van der Waals surface area contributed by atoms with E-state index in [1.54, 1.807) is 0 Å². The van der Waals surface area contributed by atoms with E-state index in [4.69, 9.17) is 0 Å². The number of hydrogen-bond donors (Lipinski definition) is 1. The fourth-order valence-corrected chi connectivity index (χ4v) is 2.42. The molecule has 0 aromatic rings. The average molecular weight is 215 g/mol. The van der Waals surface area contributed by atoms with Crippen molar-refractivity contribution < 1.29 is 4.79 Å². The smallest absolute Gasteiger partial charge is 0.278 e. The lowest BCUT2D eigenvalue weighted by atomic mass is 9.94. The number of carbonyl (C=O) groups is 1. The SMILES string of the molecule is CCCCN(C(=O)S)C1CCCCC1. The zero-order chi connectivity index (χ0) is 10.4. The van der Waals surface area contributed by atoms with E-state index in [1.807, 2.05) is 4.90 Å². The van der Waals surface area contributed by atoms with Crippen molar-refractivity contribution in [3.05, 3.63) is 0 Å². The Morgan fingerprint density at radius 1 is 1.36 bits per heavy atom. The Bertz CT molecular complexity index is 178. The van der Waals surface area contributed by atoms with Gasteiger partial charge in [0.15, 0.2) is 0 Å². The normalized spacial score (nSPS) is 18.1. The van der Waals surface area contributed by atoms with E-state index in [-0.39, 0.29) is 5.24 Å². The molecule has 0 saturated heterocycles. The molecule has 0 spiro atoms. The Labute approximate surface area is 92.5 Å². The van der Waals surface area contributed by atoms with Crippen LogP contribution in [0.5, 0.6) is 0 Å². The minimum Gasteiger partial charge on any atom is -0.331 e. The predicted molar refractivity (Wildman–Crippen MR) is 62.9 cm³/mol. The van der Waals surface area contributed by atoms with Crippen LogP contribution in [-0.4, -0.2) is 22.7 Å². The Hall–Kier alpha value is -0.180. The lowest BCUT2D eigenvalue weighted by molar-refractivity contribution is 0.176. The Morgan fingerprint density at radius 2 is 2.00 bits per heavy atom. The van der Waals surface area contributed by atoms with Crippen molar-refractivity contribution in [3.63, 3.8) is 0 Å². The van der Waals surface area contributed by atoms with Crippen molar-refractivity contribution in [3.8, 4) is 0 Å². The van der Waals surface area contributed by atoms with Crippen LogP contribution < -0.4 is 0 Å². The van der Waals surface area contributed by atoms with Gasteiger partial charge in [-0.3, -0.25) is 4.79 Å². The summed E-state index contributed by atoms with van der Waals surface area (Å²) in [5, 5.41) is -0.0367. The molecule has 1 aliphatic carbocycles. The van der Waals surface area contributed by atoms with E-state index < -0.39 is 0 Å². The van der Waals surface area contributed by atoms with Crippen LogP contribution in [0.15, 0.2) is 0 Å². The van der Waals surface area contributed by atoms with Crippen LogP contribution >= 0.6 is 12.6 Å². The van der Waals surface area contributed by atoms with Crippen molar-refractivity contribution in [2.75, 3.05) is 6.54 Å². The second kappa shape index (κ2) is 6.33. The van der Waals surface area contributed by atoms with Gasteiger partial charge in [0.2, 0.25) is 0 Å². The highest BCUT2D eigenvalue weighted by molar-refractivity contribution is 7.96. The molecule has 0 atom stereocenters. The summed E-state index contributed by atoms with van der Waals surface area (Å²) in [6.07, 6.45) is 8.47. The summed E-state index contributed by atoms with van der Waals surface area (Å²) in [5.41, 5.74) is 0. The summed E-state index contributed by atoms with van der Waals surface area (Å²) >= 11 is 3.96. The van der Waals surface area contributed by atoms with E-state index in [1.165, 1.54) is 32.1 Å². The Kier molecular flexibility index (Phi) is 5.38.